The van der Waals surface area contributed by atoms with Crippen LogP contribution in [-0.2, 0) is 13.1 Å². The summed E-state index contributed by atoms with van der Waals surface area (Å²) >= 11 is 0. The summed E-state index contributed by atoms with van der Waals surface area (Å²) in [5.74, 6) is 0.0691. The van der Waals surface area contributed by atoms with Crippen molar-refractivity contribution in [3.63, 3.8) is 0 Å². The Labute approximate surface area is 182 Å². The Balaban J connectivity index is 1.46. The first-order valence-electron chi connectivity index (χ1n) is 9.91. The van der Waals surface area contributed by atoms with E-state index < -0.39 is 6.36 Å². The number of aromatic nitrogens is 1. The molecule has 1 aromatic heterocycles. The maximum absolute atomic E-state index is 12.5. The molecule has 1 aliphatic heterocycles. The summed E-state index contributed by atoms with van der Waals surface area (Å²) in [4.78, 5) is 18.4. The fraction of sp³-hybridized carbons (Fsp3) is 0.217. The molecule has 2 aromatic carbocycles. The monoisotopic (exact) mass is 443 g/mol. The smallest absolute Gasteiger partial charge is 0.491 e. The Morgan fingerprint density at radius 2 is 1.94 bits per heavy atom. The van der Waals surface area contributed by atoms with Crippen LogP contribution in [0.5, 0.6) is 11.5 Å². The first-order chi connectivity index (χ1) is 15.4. The lowest BCUT2D eigenvalue weighted by molar-refractivity contribution is -0.274. The Morgan fingerprint density at radius 3 is 2.72 bits per heavy atom. The number of carbonyl (C=O) groups is 1. The number of nitrogens with zero attached hydrogens (tertiary/aromatic N) is 2. The molecule has 0 saturated carbocycles. The van der Waals surface area contributed by atoms with Gasteiger partial charge in [0.05, 0.1) is 6.54 Å². The highest BCUT2D eigenvalue weighted by molar-refractivity contribution is 5.94. The topological polar surface area (TPSA) is 63.7 Å². The minimum Gasteiger partial charge on any atom is -0.491 e. The number of carbonyl (C=O) groups excluding carboxylic acids is 1. The fourth-order valence-electron chi connectivity index (χ4n) is 3.39. The van der Waals surface area contributed by atoms with Crippen LogP contribution in [0.15, 0.2) is 67.0 Å². The SMILES string of the molecule is O=C(NCc1ccncc1)c1ccc2c(c1)OCCN(c1cccc(OC(F)(F)F)c1)C2. The number of halogens is 3. The van der Waals surface area contributed by atoms with Gasteiger partial charge >= 0.3 is 6.36 Å². The molecule has 0 saturated heterocycles. The molecule has 6 nitrogen and oxygen atoms in total. The molecule has 1 aliphatic rings. The maximum Gasteiger partial charge on any atom is 0.573 e. The first kappa shape index (κ1) is 21.5. The van der Waals surface area contributed by atoms with E-state index in [4.69, 9.17) is 4.74 Å². The highest BCUT2D eigenvalue weighted by atomic mass is 19.4. The van der Waals surface area contributed by atoms with E-state index in [2.05, 4.69) is 15.0 Å². The van der Waals surface area contributed by atoms with Crippen LogP contribution >= 0.6 is 0 Å². The van der Waals surface area contributed by atoms with E-state index in [0.717, 1.165) is 11.1 Å². The second kappa shape index (κ2) is 9.17. The lowest BCUT2D eigenvalue weighted by Gasteiger charge is -2.23. The molecular formula is C23H20F3N3O3. The van der Waals surface area contributed by atoms with Crippen LogP contribution in [0.2, 0.25) is 0 Å². The molecular weight excluding hydrogens is 423 g/mol. The molecule has 4 rings (SSSR count). The number of nitrogens with one attached hydrogen (secondary N) is 1. The van der Waals surface area contributed by atoms with Crippen molar-refractivity contribution in [2.45, 2.75) is 19.5 Å². The van der Waals surface area contributed by atoms with Crippen LogP contribution in [0.25, 0.3) is 0 Å². The van der Waals surface area contributed by atoms with Crippen molar-refractivity contribution in [1.82, 2.24) is 10.3 Å². The summed E-state index contributed by atoms with van der Waals surface area (Å²) in [6.45, 7) is 1.58. The Kier molecular flexibility index (Phi) is 6.16. The minimum atomic E-state index is -4.75. The number of fused-ring (bicyclic) bond motifs is 1. The van der Waals surface area contributed by atoms with Gasteiger partial charge in [-0.1, -0.05) is 12.1 Å². The van der Waals surface area contributed by atoms with E-state index in [1.807, 2.05) is 17.0 Å². The molecule has 1 N–H and O–H groups in total. The summed E-state index contributed by atoms with van der Waals surface area (Å²) in [6, 6.07) is 14.7. The number of hydrogen-bond acceptors (Lipinski definition) is 5. The van der Waals surface area contributed by atoms with Crippen molar-refractivity contribution in [3.05, 3.63) is 83.7 Å². The zero-order chi connectivity index (χ0) is 22.6. The maximum atomic E-state index is 12.5. The van der Waals surface area contributed by atoms with Crippen LogP contribution in [-0.4, -0.2) is 30.4 Å². The molecule has 0 radical (unpaired) electrons. The highest BCUT2D eigenvalue weighted by Crippen LogP contribution is 2.31. The van der Waals surface area contributed by atoms with E-state index in [0.29, 0.717) is 43.2 Å². The predicted octanol–water partition coefficient (Wildman–Crippen LogP) is 4.31. The summed E-state index contributed by atoms with van der Waals surface area (Å²) in [6.07, 6.45) is -1.43. The van der Waals surface area contributed by atoms with Gasteiger partial charge in [-0.2, -0.15) is 0 Å². The van der Waals surface area contributed by atoms with Gasteiger partial charge in [0.15, 0.2) is 0 Å². The molecule has 166 valence electrons. The van der Waals surface area contributed by atoms with Crippen molar-refractivity contribution in [1.29, 1.82) is 0 Å². The van der Waals surface area contributed by atoms with E-state index in [-0.39, 0.29) is 11.7 Å². The number of rotatable bonds is 5. The van der Waals surface area contributed by atoms with Crippen molar-refractivity contribution in [2.24, 2.45) is 0 Å². The molecule has 0 fully saturated rings. The molecule has 3 aromatic rings. The summed E-state index contributed by atoms with van der Waals surface area (Å²) in [7, 11) is 0. The minimum absolute atomic E-state index is 0.230. The molecule has 0 aliphatic carbocycles. The van der Waals surface area contributed by atoms with Gasteiger partial charge in [0.2, 0.25) is 0 Å². The van der Waals surface area contributed by atoms with Crippen molar-refractivity contribution in [3.8, 4) is 11.5 Å². The third-order valence-electron chi connectivity index (χ3n) is 4.93. The van der Waals surface area contributed by atoms with Gasteiger partial charge in [-0.15, -0.1) is 13.2 Å². The first-order valence-corrected chi connectivity index (χ1v) is 9.91. The lowest BCUT2D eigenvalue weighted by Crippen LogP contribution is -2.25. The molecule has 0 bridgehead atoms. The quantitative estimate of drug-likeness (QED) is 0.637. The number of amides is 1. The number of ether oxygens (including phenoxy) is 2. The second-order valence-corrected chi connectivity index (χ2v) is 7.18. The van der Waals surface area contributed by atoms with Gasteiger partial charge in [0.1, 0.15) is 18.1 Å². The van der Waals surface area contributed by atoms with Crippen molar-refractivity contribution < 1.29 is 27.4 Å². The van der Waals surface area contributed by atoms with Gasteiger partial charge in [-0.25, -0.2) is 0 Å². The number of pyridine rings is 1. The van der Waals surface area contributed by atoms with E-state index in [9.17, 15) is 18.0 Å². The van der Waals surface area contributed by atoms with Crippen LogP contribution in [0.3, 0.4) is 0 Å². The van der Waals surface area contributed by atoms with Gasteiger partial charge in [-0.05, 0) is 42.0 Å². The molecule has 0 atom stereocenters. The number of benzene rings is 2. The standard InChI is InChI=1S/C23H20F3N3O3/c24-23(25,26)32-20-3-1-2-19(13-20)29-10-11-31-21-12-17(4-5-18(21)15-29)22(30)28-14-16-6-8-27-9-7-16/h1-9,12-13H,10-11,14-15H2,(H,28,30). The molecule has 0 unspecified atom stereocenters. The molecule has 0 spiro atoms. The number of hydrogen-bond donors (Lipinski definition) is 1. The Bertz CT molecular complexity index is 1090. The van der Waals surface area contributed by atoms with E-state index >= 15 is 0 Å². The average Bonchev–Trinajstić information content (AvgIpc) is 2.99. The fourth-order valence-corrected chi connectivity index (χ4v) is 3.39. The van der Waals surface area contributed by atoms with Crippen molar-refractivity contribution in [2.75, 3.05) is 18.1 Å². The third-order valence-corrected chi connectivity index (χ3v) is 4.93. The summed E-state index contributed by atoms with van der Waals surface area (Å²) in [5.41, 5.74) is 2.82. The Morgan fingerprint density at radius 1 is 1.12 bits per heavy atom. The van der Waals surface area contributed by atoms with E-state index in [1.165, 1.54) is 18.2 Å². The van der Waals surface area contributed by atoms with Gasteiger partial charge in [-0.3, -0.25) is 9.78 Å². The third kappa shape index (κ3) is 5.48. The van der Waals surface area contributed by atoms with Crippen LogP contribution < -0.4 is 19.7 Å². The molecule has 1 amide bonds. The molecule has 9 heteroatoms. The second-order valence-electron chi connectivity index (χ2n) is 7.18. The van der Waals surface area contributed by atoms with Gasteiger partial charge in [0.25, 0.3) is 5.91 Å². The molecule has 2 heterocycles. The number of anilines is 1. The van der Waals surface area contributed by atoms with Crippen molar-refractivity contribution >= 4 is 11.6 Å². The van der Waals surface area contributed by atoms with E-state index in [1.54, 1.807) is 36.7 Å². The van der Waals surface area contributed by atoms with Crippen LogP contribution in [0.4, 0.5) is 18.9 Å². The average molecular weight is 443 g/mol. The predicted molar refractivity (Wildman–Crippen MR) is 112 cm³/mol. The van der Waals surface area contributed by atoms with Gasteiger partial charge < -0.3 is 19.7 Å². The zero-order valence-electron chi connectivity index (χ0n) is 16.9. The largest absolute Gasteiger partial charge is 0.573 e. The normalized spacial score (nSPS) is 13.5. The summed E-state index contributed by atoms with van der Waals surface area (Å²) < 4.78 is 47.5. The molecule has 32 heavy (non-hydrogen) atoms. The lowest BCUT2D eigenvalue weighted by atomic mass is 10.1. The highest BCUT2D eigenvalue weighted by Gasteiger charge is 2.31. The summed E-state index contributed by atoms with van der Waals surface area (Å²) in [5, 5.41) is 2.86. The van der Waals surface area contributed by atoms with Gasteiger partial charge in [0, 0.05) is 48.4 Å². The zero-order valence-corrected chi connectivity index (χ0v) is 16.9. The van der Waals surface area contributed by atoms with Crippen LogP contribution in [0, 0.1) is 0 Å². The van der Waals surface area contributed by atoms with Crippen LogP contribution in [0.1, 0.15) is 21.5 Å². The Hall–Kier alpha value is -3.75. The number of alkyl halides is 3.